The van der Waals surface area contributed by atoms with Crippen LogP contribution >= 0.6 is 0 Å². The number of H-pyrrole nitrogens is 1. The predicted octanol–water partition coefficient (Wildman–Crippen LogP) is 3.43. The van der Waals surface area contributed by atoms with Crippen molar-refractivity contribution < 1.29 is 19.0 Å². The zero-order valence-electron chi connectivity index (χ0n) is 18.1. The van der Waals surface area contributed by atoms with Gasteiger partial charge in [-0.15, -0.1) is 0 Å². The number of carbonyl (C=O) groups is 1. The van der Waals surface area contributed by atoms with Crippen LogP contribution in [0.1, 0.15) is 43.6 Å². The topological polar surface area (TPSA) is 67.0 Å². The Morgan fingerprint density at radius 3 is 2.60 bits per heavy atom. The summed E-state index contributed by atoms with van der Waals surface area (Å²) in [5.74, 6) is 0.487. The van der Waals surface area contributed by atoms with E-state index in [4.69, 9.17) is 14.2 Å². The number of hydrogen-bond acceptors (Lipinski definition) is 6. The summed E-state index contributed by atoms with van der Waals surface area (Å²) in [5, 5.41) is 0.921. The van der Waals surface area contributed by atoms with E-state index in [9.17, 15) is 4.79 Å². The summed E-state index contributed by atoms with van der Waals surface area (Å²) < 4.78 is 17.0. The highest BCUT2D eigenvalue weighted by Gasteiger charge is 2.19. The Bertz CT molecular complexity index is 851. The fourth-order valence-electron chi connectivity index (χ4n) is 4.16. The molecular weight excluding hydrogens is 382 g/mol. The van der Waals surface area contributed by atoms with Crippen LogP contribution in [0.5, 0.6) is 5.75 Å². The van der Waals surface area contributed by atoms with Gasteiger partial charge in [0.25, 0.3) is 0 Å². The Labute approximate surface area is 178 Å². The second kappa shape index (κ2) is 9.71. The van der Waals surface area contributed by atoms with Gasteiger partial charge in [-0.3, -0.25) is 4.90 Å². The average molecular weight is 416 g/mol. The lowest BCUT2D eigenvalue weighted by atomic mass is 10.1. The second-order valence-corrected chi connectivity index (χ2v) is 8.39. The fourth-order valence-corrected chi connectivity index (χ4v) is 4.16. The molecule has 7 nitrogen and oxygen atoms in total. The zero-order valence-corrected chi connectivity index (χ0v) is 18.1. The van der Waals surface area contributed by atoms with Gasteiger partial charge < -0.3 is 24.1 Å². The van der Waals surface area contributed by atoms with Crippen LogP contribution in [0.2, 0.25) is 0 Å². The standard InChI is InChI=1S/C23H33N3O4/c1-17(2)30-22-15-18(26-6-4-3-5-7-26)14-20-19(22)16-21(24-20)23(27)29-13-10-25-8-11-28-12-9-25/h14-17,24H,3-13H2,1-2H3. The number of anilines is 1. The van der Waals surface area contributed by atoms with Crippen LogP contribution in [0.3, 0.4) is 0 Å². The van der Waals surface area contributed by atoms with E-state index in [0.29, 0.717) is 12.3 Å². The third-order valence-corrected chi connectivity index (χ3v) is 5.73. The summed E-state index contributed by atoms with van der Waals surface area (Å²) in [7, 11) is 0. The number of benzene rings is 1. The molecule has 1 aromatic heterocycles. The van der Waals surface area contributed by atoms with Crippen LogP contribution in [0, 0.1) is 0 Å². The number of morpholine rings is 1. The van der Waals surface area contributed by atoms with Crippen molar-refractivity contribution in [2.24, 2.45) is 0 Å². The van der Waals surface area contributed by atoms with Gasteiger partial charge in [-0.2, -0.15) is 0 Å². The number of aromatic nitrogens is 1. The average Bonchev–Trinajstić information content (AvgIpc) is 3.19. The smallest absolute Gasteiger partial charge is 0.354 e. The van der Waals surface area contributed by atoms with Crippen LogP contribution in [0.4, 0.5) is 5.69 Å². The molecule has 0 unspecified atom stereocenters. The molecule has 0 radical (unpaired) electrons. The van der Waals surface area contributed by atoms with E-state index >= 15 is 0 Å². The first-order valence-corrected chi connectivity index (χ1v) is 11.2. The monoisotopic (exact) mass is 415 g/mol. The molecule has 2 fully saturated rings. The van der Waals surface area contributed by atoms with Crippen molar-refractivity contribution >= 4 is 22.6 Å². The summed E-state index contributed by atoms with van der Waals surface area (Å²) in [6.07, 6.45) is 3.77. The molecule has 2 saturated heterocycles. The van der Waals surface area contributed by atoms with E-state index < -0.39 is 0 Å². The number of esters is 1. The van der Waals surface area contributed by atoms with Gasteiger partial charge in [0.1, 0.15) is 18.1 Å². The highest BCUT2D eigenvalue weighted by atomic mass is 16.5. The van der Waals surface area contributed by atoms with Gasteiger partial charge in [-0.1, -0.05) is 0 Å². The molecule has 3 heterocycles. The van der Waals surface area contributed by atoms with Crippen molar-refractivity contribution in [2.45, 2.75) is 39.2 Å². The lowest BCUT2D eigenvalue weighted by Gasteiger charge is -2.29. The minimum absolute atomic E-state index is 0.0589. The van der Waals surface area contributed by atoms with Gasteiger partial charge in [-0.25, -0.2) is 4.79 Å². The van der Waals surface area contributed by atoms with Crippen molar-refractivity contribution in [2.75, 3.05) is 57.4 Å². The molecule has 0 spiro atoms. The maximum Gasteiger partial charge on any atom is 0.354 e. The largest absolute Gasteiger partial charge is 0.490 e. The Kier molecular flexibility index (Phi) is 6.79. The Balaban J connectivity index is 1.50. The number of carbonyl (C=O) groups excluding carboxylic acids is 1. The van der Waals surface area contributed by atoms with E-state index in [0.717, 1.165) is 68.3 Å². The van der Waals surface area contributed by atoms with Gasteiger partial charge >= 0.3 is 5.97 Å². The molecule has 30 heavy (non-hydrogen) atoms. The van der Waals surface area contributed by atoms with Crippen molar-refractivity contribution in [1.29, 1.82) is 0 Å². The van der Waals surface area contributed by atoms with Gasteiger partial charge in [0.15, 0.2) is 0 Å². The van der Waals surface area contributed by atoms with Crippen molar-refractivity contribution in [3.8, 4) is 5.75 Å². The highest BCUT2D eigenvalue weighted by molar-refractivity contribution is 5.98. The molecule has 2 aliphatic rings. The normalized spacial score (nSPS) is 18.2. The van der Waals surface area contributed by atoms with Crippen LogP contribution in [0.15, 0.2) is 18.2 Å². The maximum atomic E-state index is 12.6. The van der Waals surface area contributed by atoms with Crippen LogP contribution in [0.25, 0.3) is 10.9 Å². The fraction of sp³-hybridized carbons (Fsp3) is 0.609. The maximum absolute atomic E-state index is 12.6. The number of ether oxygens (including phenoxy) is 3. The number of nitrogens with zero attached hydrogens (tertiary/aromatic N) is 2. The highest BCUT2D eigenvalue weighted by Crippen LogP contribution is 2.34. The Morgan fingerprint density at radius 2 is 1.87 bits per heavy atom. The molecule has 164 valence electrons. The molecule has 0 saturated carbocycles. The lowest BCUT2D eigenvalue weighted by Crippen LogP contribution is -2.38. The van der Waals surface area contributed by atoms with E-state index in [2.05, 4.69) is 26.9 Å². The quantitative estimate of drug-likeness (QED) is 0.699. The summed E-state index contributed by atoms with van der Waals surface area (Å²) in [5.41, 5.74) is 2.53. The number of aromatic amines is 1. The summed E-state index contributed by atoms with van der Waals surface area (Å²) >= 11 is 0. The van der Waals surface area contributed by atoms with E-state index in [1.807, 2.05) is 19.9 Å². The molecule has 4 rings (SSSR count). The molecule has 0 bridgehead atoms. The molecule has 0 aliphatic carbocycles. The Morgan fingerprint density at radius 1 is 1.10 bits per heavy atom. The molecule has 2 aliphatic heterocycles. The molecule has 1 N–H and O–H groups in total. The number of fused-ring (bicyclic) bond motifs is 1. The van der Waals surface area contributed by atoms with Gasteiger partial charge in [0.2, 0.25) is 0 Å². The van der Waals surface area contributed by atoms with E-state index in [-0.39, 0.29) is 12.1 Å². The van der Waals surface area contributed by atoms with Crippen molar-refractivity contribution in [3.63, 3.8) is 0 Å². The first-order valence-electron chi connectivity index (χ1n) is 11.2. The molecule has 1 aromatic carbocycles. The zero-order chi connectivity index (χ0) is 20.9. The third-order valence-electron chi connectivity index (χ3n) is 5.73. The number of piperidine rings is 1. The summed E-state index contributed by atoms with van der Waals surface area (Å²) in [6.45, 7) is 10.5. The Hall–Kier alpha value is -2.25. The summed E-state index contributed by atoms with van der Waals surface area (Å²) in [4.78, 5) is 20.5. The van der Waals surface area contributed by atoms with Gasteiger partial charge in [-0.05, 0) is 45.2 Å². The lowest BCUT2D eigenvalue weighted by molar-refractivity contribution is 0.0193. The van der Waals surface area contributed by atoms with E-state index in [1.165, 1.54) is 19.3 Å². The second-order valence-electron chi connectivity index (χ2n) is 8.39. The van der Waals surface area contributed by atoms with Gasteiger partial charge in [0.05, 0.1) is 24.8 Å². The first kappa shape index (κ1) is 21.0. The SMILES string of the molecule is CC(C)Oc1cc(N2CCCCC2)cc2[nH]c(C(=O)OCCN3CCOCC3)cc12. The molecular formula is C23H33N3O4. The minimum atomic E-state index is -0.325. The van der Waals surface area contributed by atoms with Crippen LogP contribution in [-0.2, 0) is 9.47 Å². The molecule has 7 heteroatoms. The molecule has 0 atom stereocenters. The molecule has 2 aromatic rings. The van der Waals surface area contributed by atoms with Crippen LogP contribution in [-0.4, -0.2) is 74.5 Å². The predicted molar refractivity (Wildman–Crippen MR) is 118 cm³/mol. The van der Waals surface area contributed by atoms with Crippen molar-refractivity contribution in [3.05, 3.63) is 23.9 Å². The van der Waals surface area contributed by atoms with Crippen LogP contribution < -0.4 is 9.64 Å². The summed E-state index contributed by atoms with van der Waals surface area (Å²) in [6, 6.07) is 6.08. The van der Waals surface area contributed by atoms with Gasteiger partial charge in [0, 0.05) is 49.9 Å². The minimum Gasteiger partial charge on any atom is -0.490 e. The number of rotatable bonds is 7. The first-order chi connectivity index (χ1) is 14.6. The number of nitrogens with one attached hydrogen (secondary N) is 1. The molecule has 0 amide bonds. The van der Waals surface area contributed by atoms with E-state index in [1.54, 1.807) is 0 Å². The number of hydrogen-bond donors (Lipinski definition) is 1. The van der Waals surface area contributed by atoms with Crippen molar-refractivity contribution in [1.82, 2.24) is 9.88 Å². The third kappa shape index (κ3) is 5.08.